The molecule has 1 aliphatic rings. The van der Waals surface area contributed by atoms with Gasteiger partial charge in [-0.25, -0.2) is 0 Å². The Labute approximate surface area is 98.2 Å². The normalized spacial score (nSPS) is 19.6. The van der Waals surface area contributed by atoms with E-state index in [-0.39, 0.29) is 19.2 Å². The zero-order valence-corrected chi connectivity index (χ0v) is 10.9. The summed E-state index contributed by atoms with van der Waals surface area (Å²) in [6, 6.07) is 0.125. The third kappa shape index (κ3) is 3.16. The molecule has 96 valence electrons. The van der Waals surface area contributed by atoms with Crippen molar-refractivity contribution in [3.63, 3.8) is 0 Å². The Kier molecular flexibility index (Phi) is 5.17. The Morgan fingerprint density at radius 1 is 1.19 bits per heavy atom. The molecule has 0 atom stereocenters. The van der Waals surface area contributed by atoms with Crippen LogP contribution in [0.2, 0.25) is 0 Å². The highest BCUT2D eigenvalue weighted by Gasteiger charge is 2.30. The zero-order chi connectivity index (χ0) is 12.2. The lowest BCUT2D eigenvalue weighted by Gasteiger charge is -2.33. The van der Waals surface area contributed by atoms with Gasteiger partial charge >= 0.3 is 0 Å². The SMILES string of the molecule is CN(CCO)S(=O)(=O)N(C)C1CCCCC1. The molecule has 0 radical (unpaired) electrons. The molecule has 0 heterocycles. The van der Waals surface area contributed by atoms with Crippen molar-refractivity contribution in [1.29, 1.82) is 0 Å². The molecule has 0 aromatic heterocycles. The number of aliphatic hydroxyl groups is 1. The first-order chi connectivity index (χ1) is 7.50. The van der Waals surface area contributed by atoms with E-state index < -0.39 is 10.2 Å². The Hall–Kier alpha value is -0.170. The van der Waals surface area contributed by atoms with E-state index in [1.807, 2.05) is 0 Å². The van der Waals surface area contributed by atoms with Gasteiger partial charge in [0.25, 0.3) is 10.2 Å². The second-order valence-electron chi connectivity index (χ2n) is 4.36. The first-order valence-electron chi connectivity index (χ1n) is 5.80. The summed E-state index contributed by atoms with van der Waals surface area (Å²) in [4.78, 5) is 0. The highest BCUT2D eigenvalue weighted by atomic mass is 32.2. The monoisotopic (exact) mass is 250 g/mol. The fraction of sp³-hybridized carbons (Fsp3) is 1.00. The van der Waals surface area contributed by atoms with Gasteiger partial charge in [0.2, 0.25) is 0 Å². The van der Waals surface area contributed by atoms with Gasteiger partial charge in [-0.15, -0.1) is 0 Å². The summed E-state index contributed by atoms with van der Waals surface area (Å²) in [5, 5.41) is 8.77. The average molecular weight is 250 g/mol. The molecule has 0 aromatic rings. The average Bonchev–Trinajstić information content (AvgIpc) is 2.29. The van der Waals surface area contributed by atoms with Crippen LogP contribution in [0.1, 0.15) is 32.1 Å². The summed E-state index contributed by atoms with van der Waals surface area (Å²) in [7, 11) is -0.251. The van der Waals surface area contributed by atoms with Crippen LogP contribution in [0.5, 0.6) is 0 Å². The maximum absolute atomic E-state index is 12.1. The predicted octanol–water partition coefficient (Wildman–Crippen LogP) is 0.420. The van der Waals surface area contributed by atoms with Gasteiger partial charge in [-0.3, -0.25) is 0 Å². The van der Waals surface area contributed by atoms with Crippen molar-refractivity contribution >= 4 is 10.2 Å². The summed E-state index contributed by atoms with van der Waals surface area (Å²) in [5.74, 6) is 0. The Bertz CT molecular complexity index is 299. The number of rotatable bonds is 5. The van der Waals surface area contributed by atoms with E-state index in [2.05, 4.69) is 0 Å². The van der Waals surface area contributed by atoms with Crippen LogP contribution >= 0.6 is 0 Å². The molecule has 1 aliphatic carbocycles. The van der Waals surface area contributed by atoms with Crippen molar-refractivity contribution in [1.82, 2.24) is 8.61 Å². The smallest absolute Gasteiger partial charge is 0.281 e. The van der Waals surface area contributed by atoms with Crippen LogP contribution < -0.4 is 0 Å². The van der Waals surface area contributed by atoms with Gasteiger partial charge in [-0.2, -0.15) is 17.0 Å². The lowest BCUT2D eigenvalue weighted by molar-refractivity contribution is 0.242. The lowest BCUT2D eigenvalue weighted by atomic mass is 9.96. The van der Waals surface area contributed by atoms with E-state index in [4.69, 9.17) is 5.11 Å². The van der Waals surface area contributed by atoms with Crippen molar-refractivity contribution in [2.24, 2.45) is 0 Å². The Morgan fingerprint density at radius 3 is 2.25 bits per heavy atom. The van der Waals surface area contributed by atoms with Gasteiger partial charge < -0.3 is 5.11 Å². The number of nitrogens with zero attached hydrogens (tertiary/aromatic N) is 2. The largest absolute Gasteiger partial charge is 0.395 e. The topological polar surface area (TPSA) is 60.9 Å². The molecule has 1 N–H and O–H groups in total. The minimum absolute atomic E-state index is 0.125. The van der Waals surface area contributed by atoms with Gasteiger partial charge in [-0.1, -0.05) is 19.3 Å². The van der Waals surface area contributed by atoms with Crippen LogP contribution in [-0.4, -0.2) is 55.4 Å². The molecular formula is C10H22N2O3S. The Morgan fingerprint density at radius 2 is 1.75 bits per heavy atom. The van der Waals surface area contributed by atoms with Crippen LogP contribution in [0.15, 0.2) is 0 Å². The summed E-state index contributed by atoms with van der Waals surface area (Å²) in [6.45, 7) is 0.00757. The molecule has 1 saturated carbocycles. The molecule has 0 aliphatic heterocycles. The highest BCUT2D eigenvalue weighted by molar-refractivity contribution is 7.86. The van der Waals surface area contributed by atoms with Crippen LogP contribution in [0.3, 0.4) is 0 Å². The second-order valence-corrected chi connectivity index (χ2v) is 6.46. The maximum atomic E-state index is 12.1. The van der Waals surface area contributed by atoms with Crippen LogP contribution in [0.25, 0.3) is 0 Å². The van der Waals surface area contributed by atoms with Crippen LogP contribution in [-0.2, 0) is 10.2 Å². The molecule has 5 nitrogen and oxygen atoms in total. The Balaban J connectivity index is 2.66. The fourth-order valence-corrected chi connectivity index (χ4v) is 3.45. The molecule has 0 saturated heterocycles. The van der Waals surface area contributed by atoms with E-state index in [0.29, 0.717) is 0 Å². The first-order valence-corrected chi connectivity index (χ1v) is 7.20. The van der Waals surface area contributed by atoms with E-state index in [0.717, 1.165) is 25.7 Å². The van der Waals surface area contributed by atoms with E-state index in [1.54, 1.807) is 7.05 Å². The van der Waals surface area contributed by atoms with Gasteiger partial charge in [0, 0.05) is 26.7 Å². The highest BCUT2D eigenvalue weighted by Crippen LogP contribution is 2.24. The quantitative estimate of drug-likeness (QED) is 0.769. The third-order valence-corrected chi connectivity index (χ3v) is 5.26. The summed E-state index contributed by atoms with van der Waals surface area (Å²) in [5.41, 5.74) is 0. The third-order valence-electron chi connectivity index (χ3n) is 3.26. The zero-order valence-electron chi connectivity index (χ0n) is 10.1. The molecule has 1 fully saturated rings. The summed E-state index contributed by atoms with van der Waals surface area (Å²) >= 11 is 0. The molecular weight excluding hydrogens is 228 g/mol. The van der Waals surface area contributed by atoms with E-state index >= 15 is 0 Å². The number of likely N-dealkylation sites (N-methyl/N-ethyl adjacent to an activating group) is 1. The maximum Gasteiger partial charge on any atom is 0.281 e. The first kappa shape index (κ1) is 13.9. The molecule has 16 heavy (non-hydrogen) atoms. The fourth-order valence-electron chi connectivity index (χ4n) is 2.11. The number of aliphatic hydroxyl groups excluding tert-OH is 1. The van der Waals surface area contributed by atoms with Gasteiger partial charge in [0.05, 0.1) is 6.61 Å². The molecule has 0 spiro atoms. The summed E-state index contributed by atoms with van der Waals surface area (Å²) < 4.78 is 26.8. The molecule has 1 rings (SSSR count). The minimum atomic E-state index is -3.39. The van der Waals surface area contributed by atoms with Crippen LogP contribution in [0.4, 0.5) is 0 Å². The molecule has 0 unspecified atom stereocenters. The van der Waals surface area contributed by atoms with E-state index in [1.165, 1.54) is 22.1 Å². The minimum Gasteiger partial charge on any atom is -0.395 e. The second kappa shape index (κ2) is 5.95. The van der Waals surface area contributed by atoms with Crippen LogP contribution in [0, 0.1) is 0 Å². The molecule has 0 bridgehead atoms. The van der Waals surface area contributed by atoms with Crippen molar-refractivity contribution in [2.75, 3.05) is 27.2 Å². The molecule has 0 aromatic carbocycles. The predicted molar refractivity (Wildman–Crippen MR) is 63.3 cm³/mol. The lowest BCUT2D eigenvalue weighted by Crippen LogP contribution is -2.46. The number of hydrogen-bond acceptors (Lipinski definition) is 3. The van der Waals surface area contributed by atoms with Crippen molar-refractivity contribution in [2.45, 2.75) is 38.1 Å². The van der Waals surface area contributed by atoms with Gasteiger partial charge in [0.1, 0.15) is 0 Å². The van der Waals surface area contributed by atoms with Crippen molar-refractivity contribution in [3.8, 4) is 0 Å². The van der Waals surface area contributed by atoms with Crippen molar-refractivity contribution in [3.05, 3.63) is 0 Å². The van der Waals surface area contributed by atoms with Gasteiger partial charge in [-0.05, 0) is 12.8 Å². The van der Waals surface area contributed by atoms with Gasteiger partial charge in [0.15, 0.2) is 0 Å². The summed E-state index contributed by atoms with van der Waals surface area (Å²) in [6.07, 6.45) is 5.31. The molecule has 0 amide bonds. The van der Waals surface area contributed by atoms with E-state index in [9.17, 15) is 8.42 Å². The van der Waals surface area contributed by atoms with Crippen molar-refractivity contribution < 1.29 is 13.5 Å². The standard InChI is InChI=1S/C10H22N2O3S/c1-11(8-9-13)16(14,15)12(2)10-6-4-3-5-7-10/h10,13H,3-9H2,1-2H3. The number of hydrogen-bond donors (Lipinski definition) is 1. The molecule has 6 heteroatoms.